The van der Waals surface area contributed by atoms with Crippen molar-refractivity contribution in [2.45, 2.75) is 43.3 Å². The molecule has 2 heterocycles. The predicted molar refractivity (Wildman–Crippen MR) is 90.3 cm³/mol. The molecule has 0 aliphatic heterocycles. The molecule has 0 saturated heterocycles. The lowest BCUT2D eigenvalue weighted by Crippen LogP contribution is -2.22. The number of thiazole rings is 1. The van der Waals surface area contributed by atoms with Crippen LogP contribution in [0.5, 0.6) is 0 Å². The molecule has 2 aromatic heterocycles. The van der Waals surface area contributed by atoms with Gasteiger partial charge in [-0.15, -0.1) is 11.3 Å². The monoisotopic (exact) mass is 317 g/mol. The van der Waals surface area contributed by atoms with Crippen LogP contribution in [0, 0.1) is 6.92 Å². The number of hydrogen-bond acceptors (Lipinski definition) is 4. The number of fused-ring (bicyclic) bond motifs is 1. The second-order valence-electron chi connectivity index (χ2n) is 5.37. The zero-order valence-corrected chi connectivity index (χ0v) is 14.1. The quantitative estimate of drug-likeness (QED) is 0.758. The Kier molecular flexibility index (Phi) is 4.33. The number of aromatic nitrogens is 2. The summed E-state index contributed by atoms with van der Waals surface area (Å²) in [6.45, 7) is 7.28. The number of rotatable bonds is 5. The molecule has 0 spiro atoms. The van der Waals surface area contributed by atoms with Crippen LogP contribution in [-0.2, 0) is 6.54 Å². The SMILES string of the molecule is Cc1ccc(Sc2nc3sccn3c2CNC(C)C)cc1. The fraction of sp³-hybridized carbons (Fsp3) is 0.312. The topological polar surface area (TPSA) is 29.3 Å². The Bertz CT molecular complexity index is 726. The Morgan fingerprint density at radius 2 is 2.05 bits per heavy atom. The van der Waals surface area contributed by atoms with Crippen molar-refractivity contribution in [3.63, 3.8) is 0 Å². The molecule has 3 nitrogen and oxygen atoms in total. The van der Waals surface area contributed by atoms with Crippen molar-refractivity contribution in [2.75, 3.05) is 0 Å². The van der Waals surface area contributed by atoms with Gasteiger partial charge >= 0.3 is 0 Å². The number of imidazole rings is 1. The van der Waals surface area contributed by atoms with E-state index >= 15 is 0 Å². The maximum atomic E-state index is 4.77. The summed E-state index contributed by atoms with van der Waals surface area (Å²) >= 11 is 3.42. The zero-order valence-electron chi connectivity index (χ0n) is 12.5. The molecule has 0 fully saturated rings. The second kappa shape index (κ2) is 6.22. The third-order valence-electron chi connectivity index (χ3n) is 3.24. The summed E-state index contributed by atoms with van der Waals surface area (Å²) < 4.78 is 2.19. The van der Waals surface area contributed by atoms with E-state index in [4.69, 9.17) is 4.98 Å². The second-order valence-corrected chi connectivity index (χ2v) is 7.31. The number of hydrogen-bond donors (Lipinski definition) is 1. The Morgan fingerprint density at radius 3 is 2.76 bits per heavy atom. The molecule has 3 rings (SSSR count). The molecule has 0 aliphatic rings. The molecule has 21 heavy (non-hydrogen) atoms. The normalized spacial score (nSPS) is 11.6. The molecule has 0 bridgehead atoms. The van der Waals surface area contributed by atoms with Crippen LogP contribution in [0.1, 0.15) is 25.1 Å². The van der Waals surface area contributed by atoms with Crippen LogP contribution in [-0.4, -0.2) is 15.4 Å². The molecule has 1 aromatic carbocycles. The van der Waals surface area contributed by atoms with Crippen molar-refractivity contribution in [1.82, 2.24) is 14.7 Å². The first-order valence-electron chi connectivity index (χ1n) is 7.06. The molecule has 0 saturated carbocycles. The first kappa shape index (κ1) is 14.6. The van der Waals surface area contributed by atoms with Gasteiger partial charge in [0, 0.05) is 29.1 Å². The molecule has 0 aliphatic carbocycles. The number of nitrogens with one attached hydrogen (secondary N) is 1. The van der Waals surface area contributed by atoms with Crippen LogP contribution < -0.4 is 5.32 Å². The molecule has 0 amide bonds. The molecular formula is C16H19N3S2. The first-order valence-corrected chi connectivity index (χ1v) is 8.75. The molecule has 1 N–H and O–H groups in total. The Labute approximate surface area is 133 Å². The summed E-state index contributed by atoms with van der Waals surface area (Å²) in [5.74, 6) is 0. The van der Waals surface area contributed by atoms with Crippen LogP contribution in [0.15, 0.2) is 45.8 Å². The van der Waals surface area contributed by atoms with E-state index in [1.165, 1.54) is 16.2 Å². The maximum Gasteiger partial charge on any atom is 0.194 e. The van der Waals surface area contributed by atoms with Gasteiger partial charge in [-0.05, 0) is 19.1 Å². The van der Waals surface area contributed by atoms with Crippen molar-refractivity contribution in [3.8, 4) is 0 Å². The summed E-state index contributed by atoms with van der Waals surface area (Å²) in [4.78, 5) is 7.07. The predicted octanol–water partition coefficient (Wildman–Crippen LogP) is 4.35. The zero-order chi connectivity index (χ0) is 14.8. The third kappa shape index (κ3) is 3.31. The standard InChI is InChI=1S/C16H19N3S2/c1-11(2)17-10-14-15(18-16-19(14)8-9-20-16)21-13-6-4-12(3)5-7-13/h4-9,11,17H,10H2,1-3H3. The lowest BCUT2D eigenvalue weighted by molar-refractivity contribution is 0.574. The summed E-state index contributed by atoms with van der Waals surface area (Å²) in [6.07, 6.45) is 2.10. The average Bonchev–Trinajstić information content (AvgIpc) is 3.00. The van der Waals surface area contributed by atoms with Crippen LogP contribution in [0.2, 0.25) is 0 Å². The summed E-state index contributed by atoms with van der Waals surface area (Å²) in [5, 5.41) is 6.68. The van der Waals surface area contributed by atoms with Gasteiger partial charge in [0.2, 0.25) is 0 Å². The van der Waals surface area contributed by atoms with E-state index in [-0.39, 0.29) is 0 Å². The molecule has 0 radical (unpaired) electrons. The largest absolute Gasteiger partial charge is 0.309 e. The average molecular weight is 317 g/mol. The van der Waals surface area contributed by atoms with Gasteiger partial charge in [-0.2, -0.15) is 0 Å². The van der Waals surface area contributed by atoms with Gasteiger partial charge < -0.3 is 5.32 Å². The van der Waals surface area contributed by atoms with Gasteiger partial charge in [-0.3, -0.25) is 4.40 Å². The highest BCUT2D eigenvalue weighted by Crippen LogP contribution is 2.32. The minimum Gasteiger partial charge on any atom is -0.309 e. The fourth-order valence-electron chi connectivity index (χ4n) is 2.07. The van der Waals surface area contributed by atoms with Gasteiger partial charge in [0.1, 0.15) is 5.03 Å². The van der Waals surface area contributed by atoms with Crippen molar-refractivity contribution in [1.29, 1.82) is 0 Å². The van der Waals surface area contributed by atoms with Crippen LogP contribution in [0.25, 0.3) is 4.96 Å². The molecular weight excluding hydrogens is 298 g/mol. The first-order chi connectivity index (χ1) is 10.1. The Hall–Kier alpha value is -1.30. The molecule has 110 valence electrons. The van der Waals surface area contributed by atoms with Crippen LogP contribution >= 0.6 is 23.1 Å². The number of aryl methyl sites for hydroxylation is 1. The van der Waals surface area contributed by atoms with Gasteiger partial charge in [0.25, 0.3) is 0 Å². The summed E-state index contributed by atoms with van der Waals surface area (Å²) in [7, 11) is 0. The van der Waals surface area contributed by atoms with Crippen molar-refractivity contribution >= 4 is 28.1 Å². The van der Waals surface area contributed by atoms with Crippen LogP contribution in [0.3, 0.4) is 0 Å². The van der Waals surface area contributed by atoms with Crippen molar-refractivity contribution in [2.24, 2.45) is 0 Å². The Balaban J connectivity index is 1.91. The van der Waals surface area contributed by atoms with Crippen LogP contribution in [0.4, 0.5) is 0 Å². The lowest BCUT2D eigenvalue weighted by atomic mass is 10.2. The smallest absolute Gasteiger partial charge is 0.194 e. The minimum absolute atomic E-state index is 0.464. The molecule has 0 atom stereocenters. The highest BCUT2D eigenvalue weighted by Gasteiger charge is 2.14. The highest BCUT2D eigenvalue weighted by molar-refractivity contribution is 7.99. The maximum absolute atomic E-state index is 4.77. The number of benzene rings is 1. The van der Waals surface area contributed by atoms with Gasteiger partial charge in [0.15, 0.2) is 4.96 Å². The van der Waals surface area contributed by atoms with E-state index in [1.54, 1.807) is 23.1 Å². The number of nitrogens with zero attached hydrogens (tertiary/aromatic N) is 2. The third-order valence-corrected chi connectivity index (χ3v) is 5.02. The lowest BCUT2D eigenvalue weighted by Gasteiger charge is -2.09. The van der Waals surface area contributed by atoms with Gasteiger partial charge in [-0.1, -0.05) is 43.3 Å². The van der Waals surface area contributed by atoms with Gasteiger partial charge in [0.05, 0.1) is 5.69 Å². The van der Waals surface area contributed by atoms with Crippen molar-refractivity contribution < 1.29 is 0 Å². The van der Waals surface area contributed by atoms with E-state index in [0.717, 1.165) is 16.5 Å². The molecule has 5 heteroatoms. The minimum atomic E-state index is 0.464. The summed E-state index contributed by atoms with van der Waals surface area (Å²) in [6, 6.07) is 9.08. The van der Waals surface area contributed by atoms with Gasteiger partial charge in [-0.25, -0.2) is 4.98 Å². The van der Waals surface area contributed by atoms with Crippen molar-refractivity contribution in [3.05, 3.63) is 47.1 Å². The summed E-state index contributed by atoms with van der Waals surface area (Å²) in [5.41, 5.74) is 2.53. The van der Waals surface area contributed by atoms with E-state index in [9.17, 15) is 0 Å². The highest BCUT2D eigenvalue weighted by atomic mass is 32.2. The van der Waals surface area contributed by atoms with E-state index < -0.39 is 0 Å². The van der Waals surface area contributed by atoms with E-state index in [0.29, 0.717) is 6.04 Å². The molecule has 3 aromatic rings. The Morgan fingerprint density at radius 1 is 1.29 bits per heavy atom. The van der Waals surface area contributed by atoms with E-state index in [1.807, 2.05) is 0 Å². The fourth-order valence-corrected chi connectivity index (χ4v) is 3.78. The van der Waals surface area contributed by atoms with E-state index in [2.05, 4.69) is 66.3 Å². The molecule has 0 unspecified atom stereocenters.